The van der Waals surface area contributed by atoms with Gasteiger partial charge >= 0.3 is 0 Å². The number of imidazole rings is 1. The highest BCUT2D eigenvalue weighted by molar-refractivity contribution is 5.98. The Kier molecular flexibility index (Phi) is 6.32. The van der Waals surface area contributed by atoms with E-state index in [0.717, 1.165) is 23.4 Å². The summed E-state index contributed by atoms with van der Waals surface area (Å²) in [5, 5.41) is 19.7. The van der Waals surface area contributed by atoms with Gasteiger partial charge in [0.15, 0.2) is 11.5 Å². The minimum Gasteiger partial charge on any atom is -0.496 e. The molecule has 2 aliphatic heterocycles. The number of anilines is 2. The maximum atomic E-state index is 12.5. The first-order valence-electron chi connectivity index (χ1n) is 12.4. The van der Waals surface area contributed by atoms with Crippen molar-refractivity contribution >= 4 is 23.1 Å². The van der Waals surface area contributed by atoms with Crippen molar-refractivity contribution in [3.63, 3.8) is 0 Å². The summed E-state index contributed by atoms with van der Waals surface area (Å²) in [6, 6.07) is 11.1. The van der Waals surface area contributed by atoms with E-state index in [2.05, 4.69) is 20.9 Å². The molecule has 0 saturated carbocycles. The van der Waals surface area contributed by atoms with Crippen LogP contribution in [0.5, 0.6) is 11.5 Å². The molecule has 1 saturated heterocycles. The van der Waals surface area contributed by atoms with Gasteiger partial charge < -0.3 is 39.7 Å². The molecular weight excluding hydrogens is 488 g/mol. The van der Waals surface area contributed by atoms with Gasteiger partial charge in [0.1, 0.15) is 23.7 Å². The quantitative estimate of drug-likeness (QED) is 0.304. The Bertz CT molecular complexity index is 1500. The summed E-state index contributed by atoms with van der Waals surface area (Å²) in [6.45, 7) is 2.42. The fraction of sp³-hybridized carbons (Fsp3) is 0.296. The topological polar surface area (TPSA) is 131 Å². The van der Waals surface area contributed by atoms with E-state index in [1.165, 1.54) is 0 Å². The molecule has 38 heavy (non-hydrogen) atoms. The second kappa shape index (κ2) is 9.93. The van der Waals surface area contributed by atoms with E-state index in [4.69, 9.17) is 19.2 Å². The van der Waals surface area contributed by atoms with Gasteiger partial charge in [-0.1, -0.05) is 6.07 Å². The number of carbonyl (C=O) groups excluding carboxylic acids is 1. The van der Waals surface area contributed by atoms with Crippen LogP contribution < -0.4 is 25.4 Å². The third kappa shape index (κ3) is 4.30. The molecule has 1 amide bonds. The van der Waals surface area contributed by atoms with Crippen molar-refractivity contribution in [3.8, 4) is 22.8 Å². The van der Waals surface area contributed by atoms with E-state index >= 15 is 0 Å². The van der Waals surface area contributed by atoms with E-state index in [0.29, 0.717) is 60.5 Å². The lowest BCUT2D eigenvalue weighted by molar-refractivity contribution is -0.103. The third-order valence-electron chi connectivity index (χ3n) is 6.82. The van der Waals surface area contributed by atoms with Gasteiger partial charge in [0.2, 0.25) is 0 Å². The molecule has 1 fully saturated rings. The van der Waals surface area contributed by atoms with Gasteiger partial charge in [-0.15, -0.1) is 0 Å². The van der Waals surface area contributed by atoms with E-state index in [1.54, 1.807) is 25.4 Å². The Balaban J connectivity index is 1.37. The van der Waals surface area contributed by atoms with Gasteiger partial charge in [-0.2, -0.15) is 0 Å². The zero-order valence-electron chi connectivity index (χ0n) is 20.9. The highest BCUT2D eigenvalue weighted by Crippen LogP contribution is 2.37. The minimum absolute atomic E-state index is 0.175. The number of carbonyl (C=O) groups is 1. The summed E-state index contributed by atoms with van der Waals surface area (Å²) in [7, 11) is 1.59. The van der Waals surface area contributed by atoms with E-state index in [9.17, 15) is 9.90 Å². The first kappa shape index (κ1) is 24.2. The lowest BCUT2D eigenvalue weighted by Gasteiger charge is -2.37. The number of morpholine rings is 1. The average Bonchev–Trinajstić information content (AvgIpc) is 3.37. The Morgan fingerprint density at radius 2 is 2.13 bits per heavy atom. The number of nitrogens with one attached hydrogen (secondary N) is 3. The highest BCUT2D eigenvalue weighted by atomic mass is 16.5. The lowest BCUT2D eigenvalue weighted by Crippen LogP contribution is -2.50. The molecule has 0 spiro atoms. The number of amides is 1. The van der Waals surface area contributed by atoms with Crippen LogP contribution in [0.3, 0.4) is 0 Å². The van der Waals surface area contributed by atoms with Crippen LogP contribution in [0, 0.1) is 0 Å². The predicted octanol–water partition coefficient (Wildman–Crippen LogP) is 2.08. The maximum absolute atomic E-state index is 12.5. The third-order valence-corrected chi connectivity index (χ3v) is 6.82. The molecule has 4 N–H and O–H groups in total. The second-order valence-electron chi connectivity index (χ2n) is 9.17. The molecule has 2 aromatic heterocycles. The van der Waals surface area contributed by atoms with Crippen molar-refractivity contribution in [2.24, 2.45) is 0 Å². The molecule has 0 bridgehead atoms. The number of rotatable bonds is 6. The maximum Gasteiger partial charge on any atom is 0.255 e. The van der Waals surface area contributed by atoms with Crippen LogP contribution in [-0.4, -0.2) is 71.9 Å². The molecule has 2 aromatic carbocycles. The monoisotopic (exact) mass is 516 g/mol. The Hall–Kier alpha value is -4.19. The molecule has 11 heteroatoms. The van der Waals surface area contributed by atoms with Gasteiger partial charge in [-0.25, -0.2) is 9.97 Å². The fourth-order valence-electron chi connectivity index (χ4n) is 4.87. The minimum atomic E-state index is -0.877. The van der Waals surface area contributed by atoms with E-state index in [1.807, 2.05) is 41.1 Å². The largest absolute Gasteiger partial charge is 0.496 e. The molecule has 2 aliphatic rings. The number of fused-ring (bicyclic) bond motifs is 2. The Morgan fingerprint density at radius 1 is 1.21 bits per heavy atom. The first-order valence-corrected chi connectivity index (χ1v) is 12.4. The van der Waals surface area contributed by atoms with Crippen LogP contribution in [-0.2, 0) is 10.3 Å². The summed E-state index contributed by atoms with van der Waals surface area (Å²) in [4.78, 5) is 21.9. The number of ether oxygens (including phenoxy) is 3. The van der Waals surface area contributed by atoms with Crippen molar-refractivity contribution in [1.82, 2.24) is 25.0 Å². The van der Waals surface area contributed by atoms with Gasteiger partial charge in [0, 0.05) is 54.6 Å². The Labute approximate surface area is 218 Å². The molecule has 0 radical (unpaired) electrons. The molecular formula is C27H28N6O5. The van der Waals surface area contributed by atoms with Crippen LogP contribution in [0.2, 0.25) is 0 Å². The normalized spacial score (nSPS) is 19.3. The number of aliphatic hydroxyl groups is 1. The summed E-state index contributed by atoms with van der Waals surface area (Å²) in [5.41, 5.74) is 3.15. The summed E-state index contributed by atoms with van der Waals surface area (Å²) >= 11 is 0. The smallest absolute Gasteiger partial charge is 0.255 e. The second-order valence-corrected chi connectivity index (χ2v) is 9.17. The number of hydrogen-bond acceptors (Lipinski definition) is 9. The number of aromatic nitrogens is 3. The molecule has 4 aromatic rings. The average molecular weight is 517 g/mol. The molecule has 6 rings (SSSR count). The molecule has 1 atom stereocenters. The van der Waals surface area contributed by atoms with E-state index in [-0.39, 0.29) is 12.5 Å². The molecule has 196 valence electrons. The van der Waals surface area contributed by atoms with Crippen LogP contribution in [0.4, 0.5) is 11.5 Å². The van der Waals surface area contributed by atoms with Crippen molar-refractivity contribution < 1.29 is 24.1 Å². The van der Waals surface area contributed by atoms with Crippen LogP contribution in [0.1, 0.15) is 15.9 Å². The fourth-order valence-corrected chi connectivity index (χ4v) is 4.87. The van der Waals surface area contributed by atoms with Crippen LogP contribution in [0.25, 0.3) is 16.9 Å². The number of hydrogen-bond donors (Lipinski definition) is 4. The van der Waals surface area contributed by atoms with Crippen molar-refractivity contribution in [2.45, 2.75) is 5.60 Å². The van der Waals surface area contributed by atoms with Crippen LogP contribution >= 0.6 is 0 Å². The predicted molar refractivity (Wildman–Crippen MR) is 140 cm³/mol. The SMILES string of the molecule is COc1cc(Nc2nc(-c3ccc4c(c3)C(=O)NCCO4)cn3ccnc23)ccc1[C@]1(CO)CNCCO1. The standard InChI is InChI=1S/C27H28N6O5/c1-36-23-13-18(3-4-20(23)27(16-34)15-28-7-11-38-27)31-24-25-29-6-9-33(25)14-21(32-24)17-2-5-22-19(12-17)26(35)30-8-10-37-22/h2-6,9,12-14,28,34H,7-8,10-11,15-16H2,1H3,(H,30,35)(H,31,32)/t27-/m1/s1. The zero-order chi connectivity index (χ0) is 26.1. The van der Waals surface area contributed by atoms with Gasteiger partial charge in [0.25, 0.3) is 5.91 Å². The zero-order valence-corrected chi connectivity index (χ0v) is 20.9. The molecule has 11 nitrogen and oxygen atoms in total. The van der Waals surface area contributed by atoms with Crippen LogP contribution in [0.15, 0.2) is 55.0 Å². The molecule has 0 aliphatic carbocycles. The van der Waals surface area contributed by atoms with Crippen molar-refractivity contribution in [1.29, 1.82) is 0 Å². The van der Waals surface area contributed by atoms with Gasteiger partial charge in [-0.3, -0.25) is 4.79 Å². The van der Waals surface area contributed by atoms with Crippen molar-refractivity contribution in [3.05, 3.63) is 66.1 Å². The molecule has 0 unspecified atom stereocenters. The summed E-state index contributed by atoms with van der Waals surface area (Å²) in [6.07, 6.45) is 5.41. The van der Waals surface area contributed by atoms with Crippen molar-refractivity contribution in [2.75, 3.05) is 51.9 Å². The highest BCUT2D eigenvalue weighted by Gasteiger charge is 2.37. The summed E-state index contributed by atoms with van der Waals surface area (Å²) in [5.74, 6) is 1.49. The first-order chi connectivity index (χ1) is 18.6. The number of benzene rings is 2. The number of methoxy groups -OCH3 is 1. The molecule has 4 heterocycles. The lowest BCUT2D eigenvalue weighted by atomic mass is 9.92. The summed E-state index contributed by atoms with van der Waals surface area (Å²) < 4.78 is 19.2. The van der Waals surface area contributed by atoms with Gasteiger partial charge in [-0.05, 0) is 24.3 Å². The number of nitrogens with zero attached hydrogens (tertiary/aromatic N) is 3. The Morgan fingerprint density at radius 3 is 2.95 bits per heavy atom. The van der Waals surface area contributed by atoms with E-state index < -0.39 is 5.60 Å². The number of aliphatic hydroxyl groups excluding tert-OH is 1. The van der Waals surface area contributed by atoms with Gasteiger partial charge in [0.05, 0.1) is 38.1 Å².